The van der Waals surface area contributed by atoms with Crippen molar-refractivity contribution < 1.29 is 0 Å². The summed E-state index contributed by atoms with van der Waals surface area (Å²) in [6.07, 6.45) is 0. The Labute approximate surface area is 126 Å². The molecular formula is C15H9Br2NO. The first-order valence-corrected chi connectivity index (χ1v) is 7.30. The maximum absolute atomic E-state index is 12.1. The minimum atomic E-state index is -0.0721. The van der Waals surface area contributed by atoms with Crippen molar-refractivity contribution in [1.82, 2.24) is 4.98 Å². The summed E-state index contributed by atoms with van der Waals surface area (Å²) in [4.78, 5) is 15.0. The second-order valence-corrected chi connectivity index (χ2v) is 6.08. The van der Waals surface area contributed by atoms with E-state index in [0.29, 0.717) is 5.56 Å². The largest absolute Gasteiger partial charge is 0.321 e. The van der Waals surface area contributed by atoms with Crippen LogP contribution in [-0.4, -0.2) is 4.98 Å². The Kier molecular flexibility index (Phi) is 3.29. The van der Waals surface area contributed by atoms with E-state index in [-0.39, 0.29) is 5.56 Å². The first-order chi connectivity index (χ1) is 9.13. The van der Waals surface area contributed by atoms with Crippen LogP contribution in [0.25, 0.3) is 22.0 Å². The fraction of sp³-hybridized carbons (Fsp3) is 0. The van der Waals surface area contributed by atoms with Crippen LogP contribution in [0.2, 0.25) is 0 Å². The second kappa shape index (κ2) is 4.94. The summed E-state index contributed by atoms with van der Waals surface area (Å²) in [5, 5.41) is 1.01. The van der Waals surface area contributed by atoms with E-state index in [1.54, 1.807) is 0 Å². The van der Waals surface area contributed by atoms with Gasteiger partial charge in [-0.2, -0.15) is 0 Å². The molecule has 0 fully saturated rings. The number of aromatic amines is 1. The summed E-state index contributed by atoms with van der Waals surface area (Å²) in [6.45, 7) is 0. The highest BCUT2D eigenvalue weighted by atomic mass is 79.9. The van der Waals surface area contributed by atoms with Crippen LogP contribution in [0.4, 0.5) is 0 Å². The summed E-state index contributed by atoms with van der Waals surface area (Å²) >= 11 is 6.84. The maximum atomic E-state index is 12.1. The van der Waals surface area contributed by atoms with Gasteiger partial charge >= 0.3 is 0 Å². The lowest BCUT2D eigenvalue weighted by Gasteiger charge is -2.04. The number of pyridine rings is 1. The van der Waals surface area contributed by atoms with E-state index in [0.717, 1.165) is 25.4 Å². The molecule has 19 heavy (non-hydrogen) atoms. The van der Waals surface area contributed by atoms with Crippen molar-refractivity contribution in [3.63, 3.8) is 0 Å². The molecule has 1 heterocycles. The number of rotatable bonds is 1. The molecule has 4 heteroatoms. The number of benzene rings is 2. The van der Waals surface area contributed by atoms with E-state index in [2.05, 4.69) is 36.8 Å². The molecule has 3 aromatic rings. The molecule has 2 aromatic carbocycles. The van der Waals surface area contributed by atoms with Crippen LogP contribution in [0.15, 0.2) is 62.3 Å². The molecule has 0 aliphatic carbocycles. The van der Waals surface area contributed by atoms with Crippen molar-refractivity contribution in [2.75, 3.05) is 0 Å². The van der Waals surface area contributed by atoms with Crippen molar-refractivity contribution in [2.24, 2.45) is 0 Å². The van der Waals surface area contributed by atoms with Gasteiger partial charge in [0.2, 0.25) is 0 Å². The van der Waals surface area contributed by atoms with Crippen molar-refractivity contribution >= 4 is 42.8 Å². The maximum Gasteiger partial charge on any atom is 0.256 e. The SMILES string of the molecule is O=c1[nH]c2ccc(Br)cc2cc1-c1ccc(Br)cc1. The van der Waals surface area contributed by atoms with E-state index >= 15 is 0 Å². The van der Waals surface area contributed by atoms with Crippen LogP contribution in [0, 0.1) is 0 Å². The minimum absolute atomic E-state index is 0.0721. The molecule has 0 radical (unpaired) electrons. The second-order valence-electron chi connectivity index (χ2n) is 4.25. The predicted molar refractivity (Wildman–Crippen MR) is 85.4 cm³/mol. The summed E-state index contributed by atoms with van der Waals surface area (Å²) in [5.74, 6) is 0. The Bertz CT molecular complexity index is 806. The zero-order valence-corrected chi connectivity index (χ0v) is 13.0. The molecule has 0 saturated heterocycles. The van der Waals surface area contributed by atoms with E-state index in [9.17, 15) is 4.79 Å². The fourth-order valence-electron chi connectivity index (χ4n) is 2.02. The quantitative estimate of drug-likeness (QED) is 0.652. The van der Waals surface area contributed by atoms with E-state index in [1.807, 2.05) is 48.5 Å². The Balaban J connectivity index is 2.26. The van der Waals surface area contributed by atoms with Gasteiger partial charge in [-0.05, 0) is 47.3 Å². The van der Waals surface area contributed by atoms with Gasteiger partial charge in [-0.15, -0.1) is 0 Å². The van der Waals surface area contributed by atoms with Crippen molar-refractivity contribution in [3.8, 4) is 11.1 Å². The Hall–Kier alpha value is -1.39. The first kappa shape index (κ1) is 12.6. The Morgan fingerprint density at radius 3 is 2.26 bits per heavy atom. The molecule has 0 spiro atoms. The smallest absolute Gasteiger partial charge is 0.256 e. The van der Waals surface area contributed by atoms with Crippen LogP contribution >= 0.6 is 31.9 Å². The van der Waals surface area contributed by atoms with Gasteiger partial charge in [-0.1, -0.05) is 44.0 Å². The number of aromatic nitrogens is 1. The summed E-state index contributed by atoms with van der Waals surface area (Å²) in [7, 11) is 0. The number of hydrogen-bond acceptors (Lipinski definition) is 1. The van der Waals surface area contributed by atoms with Gasteiger partial charge in [0.1, 0.15) is 0 Å². The van der Waals surface area contributed by atoms with Crippen molar-refractivity contribution in [3.05, 3.63) is 67.8 Å². The topological polar surface area (TPSA) is 32.9 Å². The van der Waals surface area contributed by atoms with Gasteiger partial charge in [0.25, 0.3) is 5.56 Å². The number of fused-ring (bicyclic) bond motifs is 1. The zero-order valence-electron chi connectivity index (χ0n) is 9.78. The van der Waals surface area contributed by atoms with Gasteiger partial charge in [0.15, 0.2) is 0 Å². The van der Waals surface area contributed by atoms with Crippen molar-refractivity contribution in [1.29, 1.82) is 0 Å². The van der Waals surface area contributed by atoms with Gasteiger partial charge in [0.05, 0.1) is 0 Å². The fourth-order valence-corrected chi connectivity index (χ4v) is 2.66. The Morgan fingerprint density at radius 2 is 1.53 bits per heavy atom. The molecule has 0 aliphatic heterocycles. The molecule has 0 atom stereocenters. The van der Waals surface area contributed by atoms with Crippen LogP contribution in [0.1, 0.15) is 0 Å². The molecular weight excluding hydrogens is 370 g/mol. The average Bonchev–Trinajstić information content (AvgIpc) is 2.40. The molecule has 0 aliphatic rings. The van der Waals surface area contributed by atoms with Gasteiger partial charge in [-0.3, -0.25) is 4.79 Å². The standard InChI is InChI=1S/C15H9Br2NO/c16-11-3-1-9(2-4-11)13-8-10-7-12(17)5-6-14(10)18-15(13)19/h1-8H,(H,18,19). The summed E-state index contributed by atoms with van der Waals surface area (Å²) in [5.41, 5.74) is 2.36. The average molecular weight is 379 g/mol. The number of hydrogen-bond donors (Lipinski definition) is 1. The lowest BCUT2D eigenvalue weighted by molar-refractivity contribution is 1.30. The zero-order chi connectivity index (χ0) is 13.4. The third-order valence-corrected chi connectivity index (χ3v) is 3.98. The van der Waals surface area contributed by atoms with Gasteiger partial charge in [0, 0.05) is 20.0 Å². The highest BCUT2D eigenvalue weighted by Crippen LogP contribution is 2.23. The van der Waals surface area contributed by atoms with Gasteiger partial charge in [-0.25, -0.2) is 0 Å². The summed E-state index contributed by atoms with van der Waals surface area (Å²) < 4.78 is 1.99. The Morgan fingerprint density at radius 1 is 0.842 bits per heavy atom. The van der Waals surface area contributed by atoms with E-state index in [4.69, 9.17) is 0 Å². The first-order valence-electron chi connectivity index (χ1n) is 5.72. The highest BCUT2D eigenvalue weighted by molar-refractivity contribution is 9.10. The number of H-pyrrole nitrogens is 1. The molecule has 3 rings (SSSR count). The molecule has 0 amide bonds. The lowest BCUT2D eigenvalue weighted by Crippen LogP contribution is -2.08. The molecule has 0 saturated carbocycles. The van der Waals surface area contributed by atoms with Crippen molar-refractivity contribution in [2.45, 2.75) is 0 Å². The lowest BCUT2D eigenvalue weighted by atomic mass is 10.1. The van der Waals surface area contributed by atoms with Crippen LogP contribution in [-0.2, 0) is 0 Å². The predicted octanol–water partition coefficient (Wildman–Crippen LogP) is 4.72. The third-order valence-electron chi connectivity index (χ3n) is 2.96. The molecule has 0 bridgehead atoms. The van der Waals surface area contributed by atoms with E-state index < -0.39 is 0 Å². The molecule has 0 unspecified atom stereocenters. The number of halogens is 2. The normalized spacial score (nSPS) is 10.8. The third kappa shape index (κ3) is 2.51. The monoisotopic (exact) mass is 377 g/mol. The molecule has 1 aromatic heterocycles. The molecule has 94 valence electrons. The summed E-state index contributed by atoms with van der Waals surface area (Å²) in [6, 6.07) is 15.4. The minimum Gasteiger partial charge on any atom is -0.321 e. The number of nitrogens with one attached hydrogen (secondary N) is 1. The molecule has 2 nitrogen and oxygen atoms in total. The van der Waals surface area contributed by atoms with E-state index in [1.165, 1.54) is 0 Å². The van der Waals surface area contributed by atoms with Crippen LogP contribution in [0.5, 0.6) is 0 Å². The van der Waals surface area contributed by atoms with Crippen LogP contribution in [0.3, 0.4) is 0 Å². The molecule has 1 N–H and O–H groups in total. The highest BCUT2D eigenvalue weighted by Gasteiger charge is 2.05. The van der Waals surface area contributed by atoms with Crippen LogP contribution < -0.4 is 5.56 Å². The van der Waals surface area contributed by atoms with Gasteiger partial charge < -0.3 is 4.98 Å².